The molecule has 0 fully saturated rings. The number of para-hydroxylation sites is 2. The Hall–Kier alpha value is -4.64. The fourth-order valence-corrected chi connectivity index (χ4v) is 4.26. The monoisotopic (exact) mass is 537 g/mol. The zero-order valence-corrected chi connectivity index (χ0v) is 21.0. The summed E-state index contributed by atoms with van der Waals surface area (Å²) in [5.74, 6) is -5.45. The number of nitrogens with zero attached hydrogens (tertiary/aromatic N) is 2. The van der Waals surface area contributed by atoms with Crippen LogP contribution in [0, 0.1) is 11.6 Å². The van der Waals surface area contributed by atoms with Crippen molar-refractivity contribution in [2.24, 2.45) is 5.73 Å². The molecule has 3 amide bonds. The number of hydrogen-bond acceptors (Lipinski definition) is 7. The molecule has 202 valence electrons. The van der Waals surface area contributed by atoms with Crippen molar-refractivity contribution in [1.29, 1.82) is 0 Å². The van der Waals surface area contributed by atoms with Gasteiger partial charge >= 0.3 is 5.97 Å². The second-order valence-corrected chi connectivity index (χ2v) is 8.92. The lowest BCUT2D eigenvalue weighted by atomic mass is 9.98. The molecule has 0 unspecified atom stereocenters. The molecule has 4 rings (SSSR count). The molecule has 3 atom stereocenters. The molecule has 9 nitrogen and oxygen atoms in total. The number of rotatable bonds is 6. The van der Waals surface area contributed by atoms with Gasteiger partial charge in [0.25, 0.3) is 5.91 Å². The fraction of sp³-hybridized carbons (Fsp3) is 0.214. The molecule has 0 saturated carbocycles. The quantitative estimate of drug-likeness (QED) is 0.513. The summed E-state index contributed by atoms with van der Waals surface area (Å²) in [5.41, 5.74) is 6.29. The first kappa shape index (κ1) is 27.4. The first-order chi connectivity index (χ1) is 18.6. The second kappa shape index (κ2) is 11.4. The number of imide groups is 1. The van der Waals surface area contributed by atoms with E-state index in [1.54, 1.807) is 42.5 Å². The maximum atomic E-state index is 14.1. The molecule has 0 radical (unpaired) electrons. The van der Waals surface area contributed by atoms with Gasteiger partial charge < -0.3 is 15.3 Å². The highest BCUT2D eigenvalue weighted by molar-refractivity contribution is 6.07. The number of hydrogen-bond donors (Lipinski definition) is 1. The van der Waals surface area contributed by atoms with Crippen molar-refractivity contribution in [2.45, 2.75) is 38.5 Å². The maximum absolute atomic E-state index is 14.1. The summed E-state index contributed by atoms with van der Waals surface area (Å²) in [6, 6.07) is 14.1. The average Bonchev–Trinajstić information content (AvgIpc) is 2.99. The number of hydroxylamine groups is 1. The third-order valence-electron chi connectivity index (χ3n) is 5.88. The van der Waals surface area contributed by atoms with Gasteiger partial charge in [-0.15, -0.1) is 5.06 Å². The highest BCUT2D eigenvalue weighted by Crippen LogP contribution is 2.40. The summed E-state index contributed by atoms with van der Waals surface area (Å²) in [5, 5.41) is 0.669. The number of amides is 3. The Morgan fingerprint density at radius 1 is 1.03 bits per heavy atom. The molecule has 2 N–H and O–H groups in total. The fourth-order valence-electron chi connectivity index (χ4n) is 4.26. The standard InChI is InChI=1S/C28H25F2N3O6/c1-16(31)27(36)32(24(35)14-18-12-20(29)15-21(30)13-18)25-26(19-8-4-3-5-9-19)38-23-11-7-6-10-22(23)33(28(25)37)39-17(2)34/h3-13,15-16,25-26H,14,31H2,1-2H3/t16-,25-,26+/m0/s1. The minimum absolute atomic E-state index is 0.0639. The summed E-state index contributed by atoms with van der Waals surface area (Å²) in [7, 11) is 0. The van der Waals surface area contributed by atoms with E-state index in [9.17, 15) is 28.0 Å². The number of nitrogens with two attached hydrogens (primary N) is 1. The molecule has 11 heteroatoms. The van der Waals surface area contributed by atoms with Gasteiger partial charge in [-0.05, 0) is 42.3 Å². The summed E-state index contributed by atoms with van der Waals surface area (Å²) in [6.07, 6.45) is -1.91. The van der Waals surface area contributed by atoms with Gasteiger partial charge in [0.05, 0.1) is 12.5 Å². The summed E-state index contributed by atoms with van der Waals surface area (Å²) in [6.45, 7) is 2.41. The number of carbonyl (C=O) groups is 4. The Morgan fingerprint density at radius 2 is 1.64 bits per heavy atom. The van der Waals surface area contributed by atoms with Gasteiger partial charge in [0, 0.05) is 13.0 Å². The van der Waals surface area contributed by atoms with Gasteiger partial charge in [0.1, 0.15) is 23.1 Å². The van der Waals surface area contributed by atoms with Crippen LogP contribution < -0.4 is 15.5 Å². The van der Waals surface area contributed by atoms with Crippen LogP contribution in [-0.4, -0.2) is 40.7 Å². The Labute approximate surface area is 222 Å². The van der Waals surface area contributed by atoms with E-state index >= 15 is 0 Å². The van der Waals surface area contributed by atoms with E-state index < -0.39 is 59.9 Å². The van der Waals surface area contributed by atoms with Gasteiger partial charge in [0.2, 0.25) is 11.8 Å². The van der Waals surface area contributed by atoms with E-state index in [0.29, 0.717) is 21.6 Å². The van der Waals surface area contributed by atoms with Crippen LogP contribution >= 0.6 is 0 Å². The van der Waals surface area contributed by atoms with Crippen molar-refractivity contribution >= 4 is 29.4 Å². The van der Waals surface area contributed by atoms with Gasteiger partial charge in [-0.3, -0.25) is 19.3 Å². The first-order valence-electron chi connectivity index (χ1n) is 12.0. The summed E-state index contributed by atoms with van der Waals surface area (Å²) < 4.78 is 34.0. The van der Waals surface area contributed by atoms with Crippen molar-refractivity contribution in [3.8, 4) is 5.75 Å². The van der Waals surface area contributed by atoms with Crippen LogP contribution in [0.25, 0.3) is 0 Å². The van der Waals surface area contributed by atoms with Gasteiger partial charge in [-0.1, -0.05) is 42.5 Å². The molecule has 1 aliphatic rings. The van der Waals surface area contributed by atoms with Crippen molar-refractivity contribution in [3.63, 3.8) is 0 Å². The average molecular weight is 538 g/mol. The van der Waals surface area contributed by atoms with Crippen LogP contribution in [0.4, 0.5) is 14.5 Å². The third-order valence-corrected chi connectivity index (χ3v) is 5.88. The van der Waals surface area contributed by atoms with E-state index in [2.05, 4.69) is 0 Å². The molecule has 1 heterocycles. The minimum atomic E-state index is -1.72. The zero-order chi connectivity index (χ0) is 28.3. The zero-order valence-electron chi connectivity index (χ0n) is 21.0. The van der Waals surface area contributed by atoms with Crippen molar-refractivity contribution in [3.05, 3.63) is 95.6 Å². The number of ether oxygens (including phenoxy) is 1. The van der Waals surface area contributed by atoms with Gasteiger partial charge in [0.15, 0.2) is 12.1 Å². The van der Waals surface area contributed by atoms with Crippen molar-refractivity contribution < 1.29 is 37.5 Å². The number of fused-ring (bicyclic) bond motifs is 1. The summed E-state index contributed by atoms with van der Waals surface area (Å²) >= 11 is 0. The SMILES string of the molecule is CC(=O)ON1C(=O)[C@@H](N(C(=O)Cc2cc(F)cc(F)c2)C(=O)[C@H](C)N)[C@@H](c2ccccc2)Oc2ccccc21. The van der Waals surface area contributed by atoms with Crippen LogP contribution in [0.3, 0.4) is 0 Å². The van der Waals surface area contributed by atoms with Crippen molar-refractivity contribution in [2.75, 3.05) is 5.06 Å². The van der Waals surface area contributed by atoms with E-state index in [1.165, 1.54) is 19.1 Å². The Kier molecular flexibility index (Phi) is 8.01. The lowest BCUT2D eigenvalue weighted by molar-refractivity contribution is -0.158. The van der Waals surface area contributed by atoms with Crippen LogP contribution in [0.5, 0.6) is 5.75 Å². The molecule has 39 heavy (non-hydrogen) atoms. The van der Waals surface area contributed by atoms with Crippen LogP contribution in [0.1, 0.15) is 31.1 Å². The summed E-state index contributed by atoms with van der Waals surface area (Å²) in [4.78, 5) is 59.1. The molecule has 3 aromatic carbocycles. The largest absolute Gasteiger partial charge is 0.481 e. The maximum Gasteiger partial charge on any atom is 0.330 e. The number of halogens is 2. The number of benzene rings is 3. The molecular formula is C28H25F2N3O6. The van der Waals surface area contributed by atoms with Crippen LogP contribution in [-0.2, 0) is 30.4 Å². The van der Waals surface area contributed by atoms with E-state index in [0.717, 1.165) is 19.1 Å². The first-order valence-corrected chi connectivity index (χ1v) is 12.0. The van der Waals surface area contributed by atoms with Crippen molar-refractivity contribution in [1.82, 2.24) is 4.90 Å². The Morgan fingerprint density at radius 3 is 2.26 bits per heavy atom. The lowest BCUT2D eigenvalue weighted by Gasteiger charge is -2.35. The molecule has 0 spiro atoms. The third kappa shape index (κ3) is 5.93. The van der Waals surface area contributed by atoms with Gasteiger partial charge in [-0.2, -0.15) is 0 Å². The highest BCUT2D eigenvalue weighted by Gasteiger charge is 2.48. The Balaban J connectivity index is 1.89. The second-order valence-electron chi connectivity index (χ2n) is 8.92. The van der Waals surface area contributed by atoms with E-state index in [4.69, 9.17) is 15.3 Å². The molecular weight excluding hydrogens is 512 g/mol. The molecule has 0 bridgehead atoms. The normalized spacial score (nSPS) is 17.4. The number of anilines is 1. The number of carbonyl (C=O) groups excluding carboxylic acids is 4. The Bertz CT molecular complexity index is 1400. The predicted octanol–water partition coefficient (Wildman–Crippen LogP) is 3.22. The predicted molar refractivity (Wildman–Crippen MR) is 135 cm³/mol. The van der Waals surface area contributed by atoms with Crippen LogP contribution in [0.15, 0.2) is 72.8 Å². The lowest BCUT2D eigenvalue weighted by Crippen LogP contribution is -2.59. The molecule has 1 aliphatic heterocycles. The van der Waals surface area contributed by atoms with Crippen LogP contribution in [0.2, 0.25) is 0 Å². The molecule has 0 aliphatic carbocycles. The molecule has 0 saturated heterocycles. The van der Waals surface area contributed by atoms with E-state index in [1.807, 2.05) is 0 Å². The molecule has 3 aromatic rings. The topological polar surface area (TPSA) is 119 Å². The highest BCUT2D eigenvalue weighted by atomic mass is 19.1. The smallest absolute Gasteiger partial charge is 0.330 e. The minimum Gasteiger partial charge on any atom is -0.481 e. The van der Waals surface area contributed by atoms with Gasteiger partial charge in [-0.25, -0.2) is 13.6 Å². The van der Waals surface area contributed by atoms with E-state index in [-0.39, 0.29) is 17.0 Å². The molecule has 0 aromatic heterocycles.